The van der Waals surface area contributed by atoms with Gasteiger partial charge in [-0.15, -0.1) is 0 Å². The van der Waals surface area contributed by atoms with Gasteiger partial charge in [0.05, 0.1) is 0 Å². The van der Waals surface area contributed by atoms with Gasteiger partial charge in [-0.25, -0.2) is 0 Å². The number of rotatable bonds is 8. The van der Waals surface area contributed by atoms with E-state index in [4.69, 9.17) is 0 Å². The monoisotopic (exact) mass is 760 g/mol. The largest absolute Gasteiger partial charge is 0.311 e. The van der Waals surface area contributed by atoms with Crippen molar-refractivity contribution < 1.29 is 0 Å². The molecule has 0 spiro atoms. The fraction of sp³-hybridized carbons (Fsp3) is 0.123. The molecule has 0 aromatic heterocycles. The third-order valence-electron chi connectivity index (χ3n) is 12.8. The Bertz CT molecular complexity index is 2840. The first-order chi connectivity index (χ1) is 28.7. The molecule has 0 saturated heterocycles. The summed E-state index contributed by atoms with van der Waals surface area (Å²) in [5.41, 5.74) is 21.1. The summed E-state index contributed by atoms with van der Waals surface area (Å²) >= 11 is 0. The van der Waals surface area contributed by atoms with Crippen molar-refractivity contribution in [2.24, 2.45) is 0 Å². The smallest absolute Gasteiger partial charge is 0.0490 e. The Morgan fingerprint density at radius 2 is 0.763 bits per heavy atom. The Hall–Kier alpha value is -6.90. The second-order valence-electron chi connectivity index (χ2n) is 17.1. The van der Waals surface area contributed by atoms with Crippen LogP contribution in [0.5, 0.6) is 0 Å². The highest BCUT2D eigenvalue weighted by Gasteiger charge is 2.38. The molecular weight excluding hydrogens is 713 g/mol. The number of benzene rings is 8. The number of fused-ring (bicyclic) bond motifs is 6. The van der Waals surface area contributed by atoms with Gasteiger partial charge in [0.25, 0.3) is 0 Å². The molecule has 10 rings (SSSR count). The van der Waals surface area contributed by atoms with Crippen LogP contribution in [-0.4, -0.2) is 0 Å². The first-order valence-electron chi connectivity index (χ1n) is 20.8. The molecule has 59 heavy (non-hydrogen) atoms. The van der Waals surface area contributed by atoms with Crippen LogP contribution in [0.2, 0.25) is 0 Å². The van der Waals surface area contributed by atoms with Crippen LogP contribution in [0.3, 0.4) is 0 Å². The zero-order valence-electron chi connectivity index (χ0n) is 34.4. The van der Waals surface area contributed by atoms with Crippen LogP contribution in [0.1, 0.15) is 66.6 Å². The van der Waals surface area contributed by atoms with E-state index in [0.29, 0.717) is 0 Å². The molecule has 0 unspecified atom stereocenters. The number of anilines is 6. The van der Waals surface area contributed by atoms with E-state index in [1.807, 2.05) is 0 Å². The van der Waals surface area contributed by atoms with Crippen molar-refractivity contribution in [1.82, 2.24) is 0 Å². The van der Waals surface area contributed by atoms with Crippen molar-refractivity contribution in [3.63, 3.8) is 0 Å². The SMILES string of the molecule is Cc1ccccc1N(c1ccc2c(c1)C(C)(C)c1ccccc1-2)c1ccc2c(c1)C(C)(C)c1cc(C=Cc3ccc(N(c4ccccc4)c4ccccc4)cc3)ccc1-2. The molecular formula is C57H48N2. The summed E-state index contributed by atoms with van der Waals surface area (Å²) in [6, 6.07) is 68.8. The molecule has 2 heteroatoms. The Kier molecular flexibility index (Phi) is 8.76. The van der Waals surface area contributed by atoms with E-state index in [-0.39, 0.29) is 10.8 Å². The van der Waals surface area contributed by atoms with Gasteiger partial charge in [-0.1, -0.05) is 161 Å². The van der Waals surface area contributed by atoms with Gasteiger partial charge in [0, 0.05) is 45.0 Å². The van der Waals surface area contributed by atoms with Crippen molar-refractivity contribution in [2.75, 3.05) is 9.80 Å². The van der Waals surface area contributed by atoms with Gasteiger partial charge < -0.3 is 9.80 Å². The molecule has 286 valence electrons. The predicted molar refractivity (Wildman–Crippen MR) is 251 cm³/mol. The second-order valence-corrected chi connectivity index (χ2v) is 17.1. The summed E-state index contributed by atoms with van der Waals surface area (Å²) in [6.07, 6.45) is 4.48. The predicted octanol–water partition coefficient (Wildman–Crippen LogP) is 15.7. The lowest BCUT2D eigenvalue weighted by atomic mass is 9.81. The number of para-hydroxylation sites is 3. The van der Waals surface area contributed by atoms with Crippen LogP contribution < -0.4 is 9.80 Å². The number of nitrogens with zero attached hydrogens (tertiary/aromatic N) is 2. The summed E-state index contributed by atoms with van der Waals surface area (Å²) in [6.45, 7) is 11.7. The normalized spacial score (nSPS) is 14.1. The average molecular weight is 761 g/mol. The van der Waals surface area contributed by atoms with Crippen LogP contribution in [0.15, 0.2) is 188 Å². The molecule has 8 aromatic carbocycles. The van der Waals surface area contributed by atoms with Crippen molar-refractivity contribution in [2.45, 2.75) is 45.4 Å². The Labute approximate surface area is 349 Å². The van der Waals surface area contributed by atoms with E-state index in [0.717, 1.165) is 22.6 Å². The third-order valence-corrected chi connectivity index (χ3v) is 12.8. The fourth-order valence-corrected chi connectivity index (χ4v) is 9.59. The van der Waals surface area contributed by atoms with Gasteiger partial charge in [0.15, 0.2) is 0 Å². The van der Waals surface area contributed by atoms with Crippen LogP contribution in [0.25, 0.3) is 34.4 Å². The van der Waals surface area contributed by atoms with E-state index >= 15 is 0 Å². The maximum atomic E-state index is 2.46. The molecule has 0 bridgehead atoms. The number of hydrogen-bond acceptors (Lipinski definition) is 2. The van der Waals surface area contributed by atoms with Gasteiger partial charge in [-0.05, 0) is 135 Å². The van der Waals surface area contributed by atoms with Crippen LogP contribution >= 0.6 is 0 Å². The maximum Gasteiger partial charge on any atom is 0.0490 e. The standard InChI is InChI=1S/C57H48N2/c1-39-16-12-15-23-55(39)59(45-31-34-49-47-21-13-14-22-51(47)56(2,3)53(49)37-45)46-32-35-50-48-33-28-41(36-52(48)57(4,5)54(50)38-46)25-24-40-26-29-44(30-27-40)58(42-17-8-6-9-18-42)43-19-10-7-11-20-43/h6-38H,1-5H3. The molecule has 0 amide bonds. The van der Waals surface area contributed by atoms with Crippen molar-refractivity contribution in [3.05, 3.63) is 227 Å². The van der Waals surface area contributed by atoms with Crippen molar-refractivity contribution >= 4 is 46.3 Å². The molecule has 0 radical (unpaired) electrons. The van der Waals surface area contributed by atoms with Crippen LogP contribution in [0, 0.1) is 6.92 Å². The minimum absolute atomic E-state index is 0.0809. The summed E-state index contributed by atoms with van der Waals surface area (Å²) in [4.78, 5) is 4.76. The van der Waals surface area contributed by atoms with Crippen molar-refractivity contribution in [3.8, 4) is 22.3 Å². The van der Waals surface area contributed by atoms with Gasteiger partial charge >= 0.3 is 0 Å². The summed E-state index contributed by atoms with van der Waals surface area (Å²) in [5.74, 6) is 0. The minimum Gasteiger partial charge on any atom is -0.311 e. The Morgan fingerprint density at radius 1 is 0.339 bits per heavy atom. The van der Waals surface area contributed by atoms with E-state index in [2.05, 4.69) is 245 Å². The number of hydrogen-bond donors (Lipinski definition) is 0. The van der Waals surface area contributed by atoms with Gasteiger partial charge in [-0.2, -0.15) is 0 Å². The lowest BCUT2D eigenvalue weighted by Gasteiger charge is -2.30. The zero-order valence-corrected chi connectivity index (χ0v) is 34.4. The summed E-state index contributed by atoms with van der Waals surface area (Å²) in [7, 11) is 0. The zero-order chi connectivity index (χ0) is 40.3. The molecule has 0 N–H and O–H groups in total. The molecule has 2 aliphatic carbocycles. The fourth-order valence-electron chi connectivity index (χ4n) is 9.59. The quantitative estimate of drug-likeness (QED) is 0.142. The highest BCUT2D eigenvalue weighted by atomic mass is 15.1. The van der Waals surface area contributed by atoms with Gasteiger partial charge in [-0.3, -0.25) is 0 Å². The van der Waals surface area contributed by atoms with Gasteiger partial charge in [0.2, 0.25) is 0 Å². The maximum absolute atomic E-state index is 2.46. The minimum atomic E-state index is -0.177. The molecule has 0 aliphatic heterocycles. The molecule has 0 atom stereocenters. The van der Waals surface area contributed by atoms with E-state index < -0.39 is 0 Å². The van der Waals surface area contributed by atoms with E-state index in [1.165, 1.54) is 72.7 Å². The van der Waals surface area contributed by atoms with E-state index in [1.54, 1.807) is 0 Å². The lowest BCUT2D eigenvalue weighted by molar-refractivity contribution is 0.660. The van der Waals surface area contributed by atoms with Gasteiger partial charge in [0.1, 0.15) is 0 Å². The second kappa shape index (κ2) is 14.2. The highest BCUT2D eigenvalue weighted by molar-refractivity contribution is 5.89. The molecule has 2 aliphatic rings. The molecule has 0 heterocycles. The molecule has 0 saturated carbocycles. The average Bonchev–Trinajstić information content (AvgIpc) is 3.63. The van der Waals surface area contributed by atoms with Crippen LogP contribution in [-0.2, 0) is 10.8 Å². The summed E-state index contributed by atoms with van der Waals surface area (Å²) < 4.78 is 0. The van der Waals surface area contributed by atoms with Crippen LogP contribution in [0.4, 0.5) is 34.1 Å². The topological polar surface area (TPSA) is 6.48 Å². The van der Waals surface area contributed by atoms with Crippen molar-refractivity contribution in [1.29, 1.82) is 0 Å². The first kappa shape index (κ1) is 36.4. The Morgan fingerprint density at radius 3 is 1.37 bits per heavy atom. The highest BCUT2D eigenvalue weighted by Crippen LogP contribution is 2.53. The summed E-state index contributed by atoms with van der Waals surface area (Å²) in [5, 5.41) is 0. The molecule has 0 fully saturated rings. The first-order valence-corrected chi connectivity index (χ1v) is 20.8. The van der Waals surface area contributed by atoms with E-state index in [9.17, 15) is 0 Å². The number of aryl methyl sites for hydroxylation is 1. The third kappa shape index (κ3) is 6.19. The lowest BCUT2D eigenvalue weighted by Crippen LogP contribution is -2.18. The Balaban J connectivity index is 0.965. The molecule has 2 nitrogen and oxygen atoms in total. The molecule has 8 aromatic rings.